The summed E-state index contributed by atoms with van der Waals surface area (Å²) in [7, 11) is 1.63. The second-order valence-electron chi connectivity index (χ2n) is 6.46. The number of anilines is 1. The van der Waals surface area contributed by atoms with Gasteiger partial charge in [-0.2, -0.15) is 0 Å². The Kier molecular flexibility index (Phi) is 6.73. The molecule has 1 saturated heterocycles. The van der Waals surface area contributed by atoms with Crippen LogP contribution in [0.4, 0.5) is 11.4 Å². The van der Waals surface area contributed by atoms with Crippen LogP contribution in [0.2, 0.25) is 0 Å². The highest BCUT2D eigenvalue weighted by atomic mass is 32.2. The molecule has 1 aliphatic rings. The molecule has 2 N–H and O–H groups in total. The summed E-state index contributed by atoms with van der Waals surface area (Å²) < 4.78 is 5.41. The lowest BCUT2D eigenvalue weighted by atomic mass is 10.2. The molecule has 2 aromatic carbocycles. The first-order valence-corrected chi connectivity index (χ1v) is 10.1. The number of nitrogens with zero attached hydrogens (tertiary/aromatic N) is 2. The summed E-state index contributed by atoms with van der Waals surface area (Å²) in [4.78, 5) is 41.9. The van der Waals surface area contributed by atoms with Gasteiger partial charge in [0, 0.05) is 19.2 Å². The fraction of sp³-hybridized carbons (Fsp3) is 0.238. The van der Waals surface area contributed by atoms with Gasteiger partial charge >= 0.3 is 5.97 Å². The van der Waals surface area contributed by atoms with Crippen molar-refractivity contribution in [3.8, 4) is 5.75 Å². The second-order valence-corrected chi connectivity index (χ2v) is 7.63. The molecule has 2 amide bonds. The SMILES string of the molecule is CCOc1ccc(N=C2S[C@H](C(=O)Nc3ccc(C(=O)O)cc3)CC(=O)N2C)cc1. The number of aliphatic imine (C=N–C) groups is 1. The zero-order valence-electron chi connectivity index (χ0n) is 16.5. The number of carboxylic acid groups (broad SMARTS) is 1. The Labute approximate surface area is 177 Å². The van der Waals surface area contributed by atoms with E-state index in [-0.39, 0.29) is 23.8 Å². The molecule has 156 valence electrons. The molecule has 2 aromatic rings. The van der Waals surface area contributed by atoms with Gasteiger partial charge in [0.1, 0.15) is 11.0 Å². The molecule has 0 aliphatic carbocycles. The van der Waals surface area contributed by atoms with E-state index in [1.165, 1.54) is 40.9 Å². The van der Waals surface area contributed by atoms with Gasteiger partial charge in [0.15, 0.2) is 5.17 Å². The highest BCUT2D eigenvalue weighted by Crippen LogP contribution is 2.29. The van der Waals surface area contributed by atoms with Crippen molar-refractivity contribution in [3.05, 3.63) is 54.1 Å². The van der Waals surface area contributed by atoms with Crippen molar-refractivity contribution in [1.29, 1.82) is 0 Å². The quantitative estimate of drug-likeness (QED) is 0.732. The number of hydrogen-bond acceptors (Lipinski definition) is 6. The largest absolute Gasteiger partial charge is 0.494 e. The molecule has 0 saturated carbocycles. The number of amidine groups is 1. The van der Waals surface area contributed by atoms with Crippen molar-refractivity contribution in [3.63, 3.8) is 0 Å². The minimum Gasteiger partial charge on any atom is -0.494 e. The summed E-state index contributed by atoms with van der Waals surface area (Å²) in [5.41, 5.74) is 1.23. The van der Waals surface area contributed by atoms with Crippen LogP contribution in [0.3, 0.4) is 0 Å². The Morgan fingerprint density at radius 3 is 2.47 bits per heavy atom. The van der Waals surface area contributed by atoms with Gasteiger partial charge in [0.2, 0.25) is 11.8 Å². The van der Waals surface area contributed by atoms with Crippen molar-refractivity contribution < 1.29 is 24.2 Å². The number of hydrogen-bond donors (Lipinski definition) is 2. The Morgan fingerprint density at radius 2 is 1.87 bits per heavy atom. The van der Waals surface area contributed by atoms with E-state index < -0.39 is 11.2 Å². The average molecular weight is 427 g/mol. The van der Waals surface area contributed by atoms with E-state index in [2.05, 4.69) is 10.3 Å². The van der Waals surface area contributed by atoms with Crippen LogP contribution < -0.4 is 10.1 Å². The van der Waals surface area contributed by atoms with Crippen molar-refractivity contribution in [1.82, 2.24) is 4.90 Å². The van der Waals surface area contributed by atoms with Crippen LogP contribution in [-0.4, -0.2) is 51.9 Å². The van der Waals surface area contributed by atoms with Crippen LogP contribution in [0.25, 0.3) is 0 Å². The molecule has 30 heavy (non-hydrogen) atoms. The van der Waals surface area contributed by atoms with Gasteiger partial charge in [0.25, 0.3) is 0 Å². The second kappa shape index (κ2) is 9.45. The van der Waals surface area contributed by atoms with Gasteiger partial charge in [-0.1, -0.05) is 11.8 Å². The maximum atomic E-state index is 12.7. The first-order chi connectivity index (χ1) is 14.4. The number of ether oxygens (including phenoxy) is 1. The van der Waals surface area contributed by atoms with Crippen LogP contribution >= 0.6 is 11.8 Å². The van der Waals surface area contributed by atoms with Crippen LogP contribution in [0.1, 0.15) is 23.7 Å². The number of rotatable bonds is 6. The van der Waals surface area contributed by atoms with Gasteiger partial charge in [0.05, 0.1) is 17.9 Å². The fourth-order valence-corrected chi connectivity index (χ4v) is 3.78. The van der Waals surface area contributed by atoms with Gasteiger partial charge in [-0.15, -0.1) is 0 Å². The standard InChI is InChI=1S/C21H21N3O5S/c1-3-29-16-10-8-15(9-11-16)23-21-24(2)18(25)12-17(30-21)19(26)22-14-6-4-13(5-7-14)20(27)28/h4-11,17H,3,12H2,1-2H3,(H,22,26)(H,27,28)/t17-/m0/s1. The van der Waals surface area contributed by atoms with Crippen molar-refractivity contribution in [2.75, 3.05) is 19.0 Å². The molecule has 8 nitrogen and oxygen atoms in total. The molecule has 1 aliphatic heterocycles. The minimum atomic E-state index is -1.04. The smallest absolute Gasteiger partial charge is 0.335 e. The first-order valence-electron chi connectivity index (χ1n) is 9.26. The van der Waals surface area contributed by atoms with Gasteiger partial charge < -0.3 is 15.2 Å². The zero-order valence-corrected chi connectivity index (χ0v) is 17.3. The molecule has 1 heterocycles. The van der Waals surface area contributed by atoms with E-state index in [0.717, 1.165) is 5.75 Å². The molecule has 0 radical (unpaired) electrons. The van der Waals surface area contributed by atoms with E-state index in [4.69, 9.17) is 9.84 Å². The van der Waals surface area contributed by atoms with E-state index in [0.29, 0.717) is 23.1 Å². The Bertz CT molecular complexity index is 973. The average Bonchev–Trinajstić information content (AvgIpc) is 2.73. The van der Waals surface area contributed by atoms with Crippen LogP contribution in [0.5, 0.6) is 5.75 Å². The lowest BCUT2D eigenvalue weighted by molar-refractivity contribution is -0.128. The molecule has 0 unspecified atom stereocenters. The lowest BCUT2D eigenvalue weighted by Crippen LogP contribution is -2.43. The monoisotopic (exact) mass is 427 g/mol. The molecular weight excluding hydrogens is 406 g/mol. The number of carbonyl (C=O) groups is 3. The highest BCUT2D eigenvalue weighted by Gasteiger charge is 2.34. The number of nitrogens with one attached hydrogen (secondary N) is 1. The van der Waals surface area contributed by atoms with E-state index >= 15 is 0 Å². The van der Waals surface area contributed by atoms with Gasteiger partial charge in [-0.25, -0.2) is 9.79 Å². The van der Waals surface area contributed by atoms with Gasteiger partial charge in [-0.3, -0.25) is 14.5 Å². The number of carboxylic acids is 1. The summed E-state index contributed by atoms with van der Waals surface area (Å²) in [5.74, 6) is -0.864. The zero-order chi connectivity index (χ0) is 21.7. The predicted molar refractivity (Wildman–Crippen MR) is 116 cm³/mol. The molecular formula is C21H21N3O5S. The fourth-order valence-electron chi connectivity index (χ4n) is 2.71. The maximum Gasteiger partial charge on any atom is 0.335 e. The van der Waals surface area contributed by atoms with E-state index in [1.54, 1.807) is 31.3 Å². The molecule has 1 fully saturated rings. The summed E-state index contributed by atoms with van der Waals surface area (Å²) in [5, 5.41) is 11.5. The summed E-state index contributed by atoms with van der Waals surface area (Å²) in [6.07, 6.45) is 0.0442. The van der Waals surface area contributed by atoms with E-state index in [9.17, 15) is 14.4 Å². The molecule has 9 heteroatoms. The number of aromatic carboxylic acids is 1. The topological polar surface area (TPSA) is 108 Å². The maximum absolute atomic E-state index is 12.7. The van der Waals surface area contributed by atoms with Crippen LogP contribution in [-0.2, 0) is 9.59 Å². The third-order valence-electron chi connectivity index (χ3n) is 4.33. The number of benzene rings is 2. The van der Waals surface area contributed by atoms with Crippen molar-refractivity contribution in [2.45, 2.75) is 18.6 Å². The summed E-state index contributed by atoms with van der Waals surface area (Å²) in [6, 6.07) is 13.0. The predicted octanol–water partition coefficient (Wildman–Crippen LogP) is 3.37. The van der Waals surface area contributed by atoms with Crippen molar-refractivity contribution in [2.24, 2.45) is 4.99 Å². The molecule has 0 spiro atoms. The molecule has 1 atom stereocenters. The number of amides is 2. The number of carbonyl (C=O) groups excluding carboxylic acids is 2. The minimum absolute atomic E-state index is 0.0442. The highest BCUT2D eigenvalue weighted by molar-refractivity contribution is 8.15. The van der Waals surface area contributed by atoms with Gasteiger partial charge in [-0.05, 0) is 55.5 Å². The molecule has 0 aromatic heterocycles. The third-order valence-corrected chi connectivity index (χ3v) is 5.57. The Balaban J connectivity index is 1.72. The first kappa shape index (κ1) is 21.4. The number of thioether (sulfide) groups is 1. The van der Waals surface area contributed by atoms with Crippen LogP contribution in [0, 0.1) is 0 Å². The normalized spacial score (nSPS) is 17.7. The lowest BCUT2D eigenvalue weighted by Gasteiger charge is -2.28. The van der Waals surface area contributed by atoms with E-state index in [1.807, 2.05) is 6.92 Å². The van der Waals surface area contributed by atoms with Crippen LogP contribution in [0.15, 0.2) is 53.5 Å². The van der Waals surface area contributed by atoms with Crippen molar-refractivity contribution >= 4 is 46.1 Å². The molecule has 0 bridgehead atoms. The Morgan fingerprint density at radius 1 is 1.20 bits per heavy atom. The Hall–Kier alpha value is -3.33. The third kappa shape index (κ3) is 5.18. The summed E-state index contributed by atoms with van der Waals surface area (Å²) >= 11 is 1.21. The summed E-state index contributed by atoms with van der Waals surface area (Å²) in [6.45, 7) is 2.47. The molecule has 3 rings (SSSR count).